The number of halogens is 1. The molecular weight excluding hydrogens is 294 g/mol. The second-order valence-electron chi connectivity index (χ2n) is 4.83. The van der Waals surface area contributed by atoms with Crippen LogP contribution in [-0.4, -0.2) is 30.5 Å². The number of carbonyl (C=O) groups is 1. The van der Waals surface area contributed by atoms with E-state index in [0.29, 0.717) is 5.92 Å². The largest absolute Gasteiger partial charge is 0.484 e. The molecule has 1 atom stereocenters. The van der Waals surface area contributed by atoms with Crippen LogP contribution >= 0.6 is 15.9 Å². The molecule has 1 aliphatic heterocycles. The average molecular weight is 312 g/mol. The van der Waals surface area contributed by atoms with Gasteiger partial charge in [-0.3, -0.25) is 4.79 Å². The van der Waals surface area contributed by atoms with Gasteiger partial charge >= 0.3 is 0 Å². The van der Waals surface area contributed by atoms with Crippen molar-refractivity contribution in [2.45, 2.75) is 19.8 Å². The molecule has 1 saturated heterocycles. The van der Waals surface area contributed by atoms with Crippen LogP contribution in [0.1, 0.15) is 19.8 Å². The molecule has 98 valence electrons. The molecule has 0 radical (unpaired) electrons. The van der Waals surface area contributed by atoms with Crippen molar-refractivity contribution in [2.24, 2.45) is 5.92 Å². The lowest BCUT2D eigenvalue weighted by Crippen LogP contribution is -2.41. The van der Waals surface area contributed by atoms with Crippen LogP contribution in [0.15, 0.2) is 28.7 Å². The summed E-state index contributed by atoms with van der Waals surface area (Å²) in [5.41, 5.74) is 0. The molecule has 1 amide bonds. The maximum absolute atomic E-state index is 12.0. The minimum atomic E-state index is 0.0875. The standard InChI is InChI=1S/C14H18BrNO2/c1-11-3-2-8-16(9-11)14(17)10-18-13-6-4-12(15)5-7-13/h4-7,11H,2-3,8-10H2,1H3/t11-/m0/s1. The monoisotopic (exact) mass is 311 g/mol. The Hall–Kier alpha value is -1.03. The van der Waals surface area contributed by atoms with Crippen LogP contribution in [-0.2, 0) is 4.79 Å². The Kier molecular flexibility index (Phi) is 4.64. The molecule has 0 unspecified atom stereocenters. The fraction of sp³-hybridized carbons (Fsp3) is 0.500. The van der Waals surface area contributed by atoms with Gasteiger partial charge in [0.25, 0.3) is 5.91 Å². The highest BCUT2D eigenvalue weighted by Crippen LogP contribution is 2.18. The highest BCUT2D eigenvalue weighted by atomic mass is 79.9. The fourth-order valence-electron chi connectivity index (χ4n) is 2.18. The first-order valence-corrected chi connectivity index (χ1v) is 7.10. The molecule has 0 bridgehead atoms. The topological polar surface area (TPSA) is 29.5 Å². The van der Waals surface area contributed by atoms with E-state index in [9.17, 15) is 4.79 Å². The number of amides is 1. The van der Waals surface area contributed by atoms with Gasteiger partial charge in [0.15, 0.2) is 6.61 Å². The number of rotatable bonds is 3. The number of benzene rings is 1. The molecule has 1 aromatic rings. The van der Waals surface area contributed by atoms with Crippen molar-refractivity contribution in [3.63, 3.8) is 0 Å². The van der Waals surface area contributed by atoms with Gasteiger partial charge in [-0.05, 0) is 43.0 Å². The van der Waals surface area contributed by atoms with Crippen molar-refractivity contribution in [1.29, 1.82) is 0 Å². The molecule has 3 nitrogen and oxygen atoms in total. The van der Waals surface area contributed by atoms with Crippen molar-refractivity contribution in [1.82, 2.24) is 4.90 Å². The third-order valence-electron chi connectivity index (χ3n) is 3.19. The van der Waals surface area contributed by atoms with Gasteiger partial charge in [-0.25, -0.2) is 0 Å². The van der Waals surface area contributed by atoms with Crippen LogP contribution in [0.2, 0.25) is 0 Å². The normalized spacial score (nSPS) is 19.7. The van der Waals surface area contributed by atoms with Crippen molar-refractivity contribution in [3.05, 3.63) is 28.7 Å². The molecule has 4 heteroatoms. The lowest BCUT2D eigenvalue weighted by molar-refractivity contribution is -0.135. The minimum absolute atomic E-state index is 0.0875. The molecule has 0 aromatic heterocycles. The fourth-order valence-corrected chi connectivity index (χ4v) is 2.45. The van der Waals surface area contributed by atoms with Gasteiger partial charge in [-0.15, -0.1) is 0 Å². The van der Waals surface area contributed by atoms with E-state index in [0.717, 1.165) is 29.7 Å². The third-order valence-corrected chi connectivity index (χ3v) is 3.71. The maximum atomic E-state index is 12.0. The maximum Gasteiger partial charge on any atom is 0.260 e. The van der Waals surface area contributed by atoms with Gasteiger partial charge in [-0.2, -0.15) is 0 Å². The number of hydrogen-bond acceptors (Lipinski definition) is 2. The second kappa shape index (κ2) is 6.23. The number of likely N-dealkylation sites (tertiary alicyclic amines) is 1. The predicted molar refractivity (Wildman–Crippen MR) is 74.6 cm³/mol. The Morgan fingerprint density at radius 2 is 2.17 bits per heavy atom. The summed E-state index contributed by atoms with van der Waals surface area (Å²) >= 11 is 3.36. The summed E-state index contributed by atoms with van der Waals surface area (Å²) < 4.78 is 6.50. The minimum Gasteiger partial charge on any atom is -0.484 e. The van der Waals surface area contributed by atoms with Gasteiger partial charge in [0.05, 0.1) is 0 Å². The first kappa shape index (κ1) is 13.4. The molecule has 2 rings (SSSR count). The number of ether oxygens (including phenoxy) is 1. The van der Waals surface area contributed by atoms with Crippen LogP contribution < -0.4 is 4.74 Å². The molecule has 0 spiro atoms. The first-order chi connectivity index (χ1) is 8.65. The summed E-state index contributed by atoms with van der Waals surface area (Å²) in [5.74, 6) is 1.43. The SMILES string of the molecule is C[C@H]1CCCN(C(=O)COc2ccc(Br)cc2)C1. The molecule has 18 heavy (non-hydrogen) atoms. The zero-order valence-electron chi connectivity index (χ0n) is 10.6. The van der Waals surface area contributed by atoms with Crippen LogP contribution in [0.25, 0.3) is 0 Å². The lowest BCUT2D eigenvalue weighted by atomic mass is 10.0. The van der Waals surface area contributed by atoms with Gasteiger partial charge in [-0.1, -0.05) is 22.9 Å². The van der Waals surface area contributed by atoms with Gasteiger partial charge in [0.1, 0.15) is 5.75 Å². The third kappa shape index (κ3) is 3.73. The highest BCUT2D eigenvalue weighted by Gasteiger charge is 2.20. The summed E-state index contributed by atoms with van der Waals surface area (Å²) in [4.78, 5) is 13.9. The number of piperidine rings is 1. The molecule has 0 N–H and O–H groups in total. The van der Waals surface area contributed by atoms with E-state index in [1.165, 1.54) is 6.42 Å². The van der Waals surface area contributed by atoms with Crippen molar-refractivity contribution in [3.8, 4) is 5.75 Å². The summed E-state index contributed by atoms with van der Waals surface area (Å²) in [6.45, 7) is 4.05. The van der Waals surface area contributed by atoms with E-state index in [1.807, 2.05) is 29.2 Å². The van der Waals surface area contributed by atoms with Gasteiger partial charge < -0.3 is 9.64 Å². The van der Waals surface area contributed by atoms with Crippen molar-refractivity contribution >= 4 is 21.8 Å². The highest BCUT2D eigenvalue weighted by molar-refractivity contribution is 9.10. The van der Waals surface area contributed by atoms with E-state index in [2.05, 4.69) is 22.9 Å². The van der Waals surface area contributed by atoms with E-state index >= 15 is 0 Å². The zero-order chi connectivity index (χ0) is 13.0. The van der Waals surface area contributed by atoms with Gasteiger partial charge in [0, 0.05) is 17.6 Å². The molecular formula is C14H18BrNO2. The number of hydrogen-bond donors (Lipinski definition) is 0. The van der Waals surface area contributed by atoms with E-state index < -0.39 is 0 Å². The molecule has 1 heterocycles. The summed E-state index contributed by atoms with van der Waals surface area (Å²) in [7, 11) is 0. The van der Waals surface area contributed by atoms with Crippen LogP contribution in [0.4, 0.5) is 0 Å². The Morgan fingerprint density at radius 1 is 1.44 bits per heavy atom. The number of nitrogens with zero attached hydrogens (tertiary/aromatic N) is 1. The van der Waals surface area contributed by atoms with E-state index in [4.69, 9.17) is 4.74 Å². The van der Waals surface area contributed by atoms with Gasteiger partial charge in [0.2, 0.25) is 0 Å². The zero-order valence-corrected chi connectivity index (χ0v) is 12.1. The average Bonchev–Trinajstić information content (AvgIpc) is 2.38. The van der Waals surface area contributed by atoms with Crippen LogP contribution in [0.3, 0.4) is 0 Å². The summed E-state index contributed by atoms with van der Waals surface area (Å²) in [5, 5.41) is 0. The Labute approximate surface area is 116 Å². The van der Waals surface area contributed by atoms with E-state index in [-0.39, 0.29) is 12.5 Å². The van der Waals surface area contributed by atoms with Crippen LogP contribution in [0.5, 0.6) is 5.75 Å². The molecule has 1 aliphatic rings. The molecule has 0 saturated carbocycles. The Bertz CT molecular complexity index is 405. The summed E-state index contributed by atoms with van der Waals surface area (Å²) in [6, 6.07) is 7.53. The van der Waals surface area contributed by atoms with E-state index in [1.54, 1.807) is 0 Å². The van der Waals surface area contributed by atoms with Crippen LogP contribution in [0, 0.1) is 5.92 Å². The summed E-state index contributed by atoms with van der Waals surface area (Å²) in [6.07, 6.45) is 2.32. The smallest absolute Gasteiger partial charge is 0.260 e. The second-order valence-corrected chi connectivity index (χ2v) is 5.75. The predicted octanol–water partition coefficient (Wildman–Crippen LogP) is 3.09. The molecule has 1 aromatic carbocycles. The quantitative estimate of drug-likeness (QED) is 0.858. The van der Waals surface area contributed by atoms with Crippen molar-refractivity contribution in [2.75, 3.05) is 19.7 Å². The Morgan fingerprint density at radius 3 is 2.83 bits per heavy atom. The Balaban J connectivity index is 1.82. The first-order valence-electron chi connectivity index (χ1n) is 6.31. The lowest BCUT2D eigenvalue weighted by Gasteiger charge is -2.30. The molecule has 0 aliphatic carbocycles. The molecule has 1 fully saturated rings. The number of carbonyl (C=O) groups excluding carboxylic acids is 1. The van der Waals surface area contributed by atoms with Crippen molar-refractivity contribution < 1.29 is 9.53 Å².